The van der Waals surface area contributed by atoms with E-state index in [0.29, 0.717) is 34.1 Å². The van der Waals surface area contributed by atoms with Crippen LogP contribution in [0.4, 0.5) is 10.8 Å². The van der Waals surface area contributed by atoms with E-state index in [4.69, 9.17) is 9.47 Å². The van der Waals surface area contributed by atoms with Crippen LogP contribution in [-0.2, 0) is 9.59 Å². The highest BCUT2D eigenvalue weighted by molar-refractivity contribution is 8.00. The smallest absolute Gasteiger partial charge is 0.272 e. The molecule has 0 saturated carbocycles. The van der Waals surface area contributed by atoms with Crippen molar-refractivity contribution in [2.45, 2.75) is 23.5 Å². The van der Waals surface area contributed by atoms with Gasteiger partial charge in [0.15, 0.2) is 5.13 Å². The van der Waals surface area contributed by atoms with E-state index in [1.807, 2.05) is 43.3 Å². The van der Waals surface area contributed by atoms with Crippen LogP contribution in [0.2, 0.25) is 0 Å². The molecule has 11 heteroatoms. The number of aromatic nitrogens is 1. The number of hydrogen-bond donors (Lipinski definition) is 3. The Balaban J connectivity index is 1.30. The molecular weight excluding hydrogens is 621 g/mol. The van der Waals surface area contributed by atoms with E-state index in [1.54, 1.807) is 81.0 Å². The molecule has 0 aliphatic heterocycles. The lowest BCUT2D eigenvalue weighted by molar-refractivity contribution is -0.116. The van der Waals surface area contributed by atoms with E-state index in [9.17, 15) is 14.4 Å². The van der Waals surface area contributed by atoms with Gasteiger partial charge in [-0.15, -0.1) is 11.8 Å². The van der Waals surface area contributed by atoms with E-state index in [0.717, 1.165) is 20.9 Å². The van der Waals surface area contributed by atoms with Gasteiger partial charge in [-0.3, -0.25) is 14.4 Å². The van der Waals surface area contributed by atoms with Crippen molar-refractivity contribution in [2.75, 3.05) is 24.9 Å². The maximum absolute atomic E-state index is 13.5. The topological polar surface area (TPSA) is 119 Å². The number of benzene rings is 4. The van der Waals surface area contributed by atoms with Gasteiger partial charge in [-0.05, 0) is 78.7 Å². The largest absolute Gasteiger partial charge is 0.497 e. The second-order valence-corrected chi connectivity index (χ2v) is 12.3. The molecule has 0 saturated heterocycles. The van der Waals surface area contributed by atoms with Crippen molar-refractivity contribution in [1.29, 1.82) is 0 Å². The standard InChI is InChI=1S/C35H32N4O5S2/c1-4-30(34(42)39-35-38-28-17-16-26(44-3)21-31(28)46-35)45-27-15-9-13-24(20-27)36-33(41)29(19-22-10-8-14-25(18-22)43-2)37-32(40)23-11-6-5-7-12-23/h5-21,30H,4H2,1-3H3,(H,36,41)(H,37,40)(H,38,39,42)/b29-19-. The summed E-state index contributed by atoms with van der Waals surface area (Å²) in [4.78, 5) is 45.1. The highest BCUT2D eigenvalue weighted by Crippen LogP contribution is 2.32. The number of fused-ring (bicyclic) bond motifs is 1. The van der Waals surface area contributed by atoms with E-state index < -0.39 is 17.1 Å². The third-order valence-corrected chi connectivity index (χ3v) is 9.08. The van der Waals surface area contributed by atoms with Crippen molar-refractivity contribution in [3.05, 3.63) is 114 Å². The molecule has 1 heterocycles. The van der Waals surface area contributed by atoms with Crippen LogP contribution >= 0.6 is 23.1 Å². The van der Waals surface area contributed by atoms with Gasteiger partial charge in [0, 0.05) is 16.1 Å². The molecule has 0 bridgehead atoms. The van der Waals surface area contributed by atoms with E-state index in [-0.39, 0.29) is 11.6 Å². The lowest BCUT2D eigenvalue weighted by atomic mass is 10.1. The zero-order valence-corrected chi connectivity index (χ0v) is 27.0. The van der Waals surface area contributed by atoms with Crippen LogP contribution in [-0.4, -0.2) is 42.2 Å². The Morgan fingerprint density at radius 2 is 1.63 bits per heavy atom. The first-order valence-corrected chi connectivity index (χ1v) is 16.1. The molecule has 0 spiro atoms. The Hall–Kier alpha value is -5.13. The molecular formula is C35H32N4O5S2. The van der Waals surface area contributed by atoms with Gasteiger partial charge in [-0.25, -0.2) is 4.98 Å². The number of nitrogens with zero attached hydrogens (tertiary/aromatic N) is 1. The number of methoxy groups -OCH3 is 2. The van der Waals surface area contributed by atoms with Crippen LogP contribution in [0, 0.1) is 0 Å². The lowest BCUT2D eigenvalue weighted by Crippen LogP contribution is -2.30. The summed E-state index contributed by atoms with van der Waals surface area (Å²) in [6.07, 6.45) is 2.16. The summed E-state index contributed by atoms with van der Waals surface area (Å²) in [6, 6.07) is 28.6. The number of carbonyl (C=O) groups excluding carboxylic acids is 3. The van der Waals surface area contributed by atoms with Gasteiger partial charge in [-0.1, -0.05) is 54.7 Å². The third kappa shape index (κ3) is 8.32. The summed E-state index contributed by atoms with van der Waals surface area (Å²) in [5.74, 6) is 0.250. The quantitative estimate of drug-likeness (QED) is 0.0961. The lowest BCUT2D eigenvalue weighted by Gasteiger charge is -2.15. The molecule has 0 aliphatic carbocycles. The van der Waals surface area contributed by atoms with Gasteiger partial charge in [0.1, 0.15) is 17.2 Å². The zero-order valence-electron chi connectivity index (χ0n) is 25.4. The van der Waals surface area contributed by atoms with Gasteiger partial charge in [0.2, 0.25) is 5.91 Å². The van der Waals surface area contributed by atoms with Crippen LogP contribution in [0.25, 0.3) is 16.3 Å². The Morgan fingerprint density at radius 3 is 2.39 bits per heavy atom. The summed E-state index contributed by atoms with van der Waals surface area (Å²) in [7, 11) is 3.17. The number of ether oxygens (including phenoxy) is 2. The second kappa shape index (κ2) is 15.2. The van der Waals surface area contributed by atoms with E-state index >= 15 is 0 Å². The molecule has 46 heavy (non-hydrogen) atoms. The number of carbonyl (C=O) groups is 3. The molecule has 1 atom stereocenters. The number of thioether (sulfide) groups is 1. The van der Waals surface area contributed by atoms with Crippen molar-refractivity contribution >= 4 is 67.9 Å². The summed E-state index contributed by atoms with van der Waals surface area (Å²) in [6.45, 7) is 1.94. The molecule has 5 rings (SSSR count). The first kappa shape index (κ1) is 32.3. The van der Waals surface area contributed by atoms with E-state index in [2.05, 4.69) is 20.9 Å². The fraction of sp³-hybridized carbons (Fsp3) is 0.143. The molecule has 5 aromatic rings. The number of nitrogens with one attached hydrogen (secondary N) is 3. The average molecular weight is 653 g/mol. The first-order chi connectivity index (χ1) is 22.3. The van der Waals surface area contributed by atoms with Gasteiger partial charge in [-0.2, -0.15) is 0 Å². The second-order valence-electron chi connectivity index (χ2n) is 9.99. The number of anilines is 2. The van der Waals surface area contributed by atoms with Crippen molar-refractivity contribution < 1.29 is 23.9 Å². The minimum atomic E-state index is -0.508. The van der Waals surface area contributed by atoms with Gasteiger partial charge < -0.3 is 25.4 Å². The van der Waals surface area contributed by atoms with Crippen LogP contribution in [0.5, 0.6) is 11.5 Å². The van der Waals surface area contributed by atoms with Crippen molar-refractivity contribution in [3.8, 4) is 11.5 Å². The maximum Gasteiger partial charge on any atom is 0.272 e. The van der Waals surface area contributed by atoms with Crippen molar-refractivity contribution in [2.24, 2.45) is 0 Å². The molecule has 1 unspecified atom stereocenters. The van der Waals surface area contributed by atoms with Crippen LogP contribution in [0.3, 0.4) is 0 Å². The average Bonchev–Trinajstić information content (AvgIpc) is 3.48. The summed E-state index contributed by atoms with van der Waals surface area (Å²) in [5, 5.41) is 8.69. The number of amides is 3. The van der Waals surface area contributed by atoms with Crippen LogP contribution < -0.4 is 25.4 Å². The van der Waals surface area contributed by atoms with Gasteiger partial charge in [0.25, 0.3) is 11.8 Å². The van der Waals surface area contributed by atoms with E-state index in [1.165, 1.54) is 23.1 Å². The third-order valence-electron chi connectivity index (χ3n) is 6.79. The molecule has 9 nitrogen and oxygen atoms in total. The highest BCUT2D eigenvalue weighted by atomic mass is 32.2. The van der Waals surface area contributed by atoms with Gasteiger partial charge >= 0.3 is 0 Å². The molecule has 3 amide bonds. The number of hydrogen-bond acceptors (Lipinski definition) is 8. The first-order valence-electron chi connectivity index (χ1n) is 14.4. The van der Waals surface area contributed by atoms with Gasteiger partial charge in [0.05, 0.1) is 29.7 Å². The van der Waals surface area contributed by atoms with Crippen LogP contribution in [0.15, 0.2) is 108 Å². The van der Waals surface area contributed by atoms with Crippen molar-refractivity contribution in [1.82, 2.24) is 10.3 Å². The fourth-order valence-electron chi connectivity index (χ4n) is 4.44. The number of rotatable bonds is 12. The normalized spacial score (nSPS) is 11.8. The SMILES string of the molecule is CCC(Sc1cccc(NC(=O)/C(=C/c2cccc(OC)c2)NC(=O)c2ccccc2)c1)C(=O)Nc1nc2ccc(OC)cc2s1. The maximum atomic E-state index is 13.5. The van der Waals surface area contributed by atoms with Crippen molar-refractivity contribution in [3.63, 3.8) is 0 Å². The fourth-order valence-corrected chi connectivity index (χ4v) is 6.35. The molecule has 0 fully saturated rings. The Kier molecular flexibility index (Phi) is 10.7. The molecule has 234 valence electrons. The van der Waals surface area contributed by atoms with Crippen LogP contribution in [0.1, 0.15) is 29.3 Å². The summed E-state index contributed by atoms with van der Waals surface area (Å²) in [5.41, 5.74) is 2.44. The molecule has 4 aromatic carbocycles. The predicted molar refractivity (Wildman–Crippen MR) is 185 cm³/mol. The minimum absolute atomic E-state index is 0.0550. The Morgan fingerprint density at radius 1 is 0.870 bits per heavy atom. The minimum Gasteiger partial charge on any atom is -0.497 e. The molecule has 0 radical (unpaired) electrons. The summed E-state index contributed by atoms with van der Waals surface area (Å²) < 4.78 is 11.5. The predicted octanol–water partition coefficient (Wildman–Crippen LogP) is 7.23. The number of thiazole rings is 1. The Bertz CT molecular complexity index is 1890. The molecule has 3 N–H and O–H groups in total. The highest BCUT2D eigenvalue weighted by Gasteiger charge is 2.21. The summed E-state index contributed by atoms with van der Waals surface area (Å²) >= 11 is 2.77. The monoisotopic (exact) mass is 652 g/mol. The zero-order chi connectivity index (χ0) is 32.5. The Labute approximate surface area is 275 Å². The molecule has 1 aromatic heterocycles. The molecule has 0 aliphatic rings.